The highest BCUT2D eigenvalue weighted by Crippen LogP contribution is 2.31. The van der Waals surface area contributed by atoms with E-state index in [9.17, 15) is 9.59 Å². The molecule has 1 atom stereocenters. The molecule has 3 rings (SSSR count). The zero-order valence-electron chi connectivity index (χ0n) is 15.1. The van der Waals surface area contributed by atoms with E-state index in [2.05, 4.69) is 15.3 Å². The summed E-state index contributed by atoms with van der Waals surface area (Å²) in [6.07, 6.45) is 4.13. The standard InChI is InChI=1S/C18H23N3O4S/c1-9(2)13(20-15(22)11-6-4-5-7-11)17-19-12(8-26-17)16-21-14(18(23)24)10(3)25-16/h8-9,11,13H,4-7H2,1-3H3,(H,20,22)(H,23,24)/t13-/m0/s1. The van der Waals surface area contributed by atoms with Crippen molar-refractivity contribution >= 4 is 23.2 Å². The number of hydrogen-bond donors (Lipinski definition) is 2. The van der Waals surface area contributed by atoms with Crippen LogP contribution in [0.1, 0.15) is 66.8 Å². The molecule has 1 amide bonds. The third-order valence-electron chi connectivity index (χ3n) is 4.70. The van der Waals surface area contributed by atoms with Crippen LogP contribution in [0.15, 0.2) is 9.80 Å². The van der Waals surface area contributed by atoms with Crippen molar-refractivity contribution in [2.45, 2.75) is 52.5 Å². The van der Waals surface area contributed by atoms with E-state index in [0.717, 1.165) is 30.7 Å². The molecule has 2 aromatic rings. The van der Waals surface area contributed by atoms with Crippen LogP contribution in [-0.4, -0.2) is 27.0 Å². The number of carbonyl (C=O) groups is 2. The summed E-state index contributed by atoms with van der Waals surface area (Å²) in [5.41, 5.74) is 0.380. The van der Waals surface area contributed by atoms with E-state index in [1.54, 1.807) is 12.3 Å². The second-order valence-corrected chi connectivity index (χ2v) is 7.90. The number of aromatic carboxylic acids is 1. The number of carboxylic acids is 1. The second-order valence-electron chi connectivity index (χ2n) is 7.01. The molecule has 0 aliphatic heterocycles. The quantitative estimate of drug-likeness (QED) is 0.793. The lowest BCUT2D eigenvalue weighted by atomic mass is 10.0. The number of thiazole rings is 1. The minimum atomic E-state index is -1.13. The summed E-state index contributed by atoms with van der Waals surface area (Å²) in [7, 11) is 0. The third kappa shape index (κ3) is 3.80. The molecule has 1 aliphatic rings. The molecule has 2 aromatic heterocycles. The van der Waals surface area contributed by atoms with Crippen LogP contribution in [0.5, 0.6) is 0 Å². The van der Waals surface area contributed by atoms with Crippen LogP contribution in [-0.2, 0) is 4.79 Å². The summed E-state index contributed by atoms with van der Waals surface area (Å²) in [4.78, 5) is 32.2. The van der Waals surface area contributed by atoms with Gasteiger partial charge in [0.15, 0.2) is 5.69 Å². The van der Waals surface area contributed by atoms with Crippen molar-refractivity contribution in [3.63, 3.8) is 0 Å². The number of nitrogens with zero attached hydrogens (tertiary/aromatic N) is 2. The van der Waals surface area contributed by atoms with E-state index in [4.69, 9.17) is 9.52 Å². The summed E-state index contributed by atoms with van der Waals surface area (Å²) >= 11 is 1.42. The summed E-state index contributed by atoms with van der Waals surface area (Å²) in [6.45, 7) is 5.64. The van der Waals surface area contributed by atoms with E-state index in [1.165, 1.54) is 11.3 Å². The fourth-order valence-corrected chi connectivity index (χ4v) is 4.22. The first kappa shape index (κ1) is 18.6. The van der Waals surface area contributed by atoms with Gasteiger partial charge >= 0.3 is 5.97 Å². The van der Waals surface area contributed by atoms with Crippen LogP contribution in [0.25, 0.3) is 11.6 Å². The lowest BCUT2D eigenvalue weighted by Crippen LogP contribution is -2.35. The molecule has 1 fully saturated rings. The first-order valence-electron chi connectivity index (χ1n) is 8.83. The van der Waals surface area contributed by atoms with Gasteiger partial charge in [0.05, 0.1) is 6.04 Å². The molecule has 0 unspecified atom stereocenters. The maximum absolute atomic E-state index is 12.5. The van der Waals surface area contributed by atoms with Gasteiger partial charge in [-0.1, -0.05) is 26.7 Å². The minimum absolute atomic E-state index is 0.0954. The van der Waals surface area contributed by atoms with Crippen LogP contribution in [0.2, 0.25) is 0 Å². The largest absolute Gasteiger partial charge is 0.476 e. The number of aryl methyl sites for hydroxylation is 1. The predicted octanol–water partition coefficient (Wildman–Crippen LogP) is 3.81. The molecule has 0 aromatic carbocycles. The number of hydrogen-bond acceptors (Lipinski definition) is 6. The van der Waals surface area contributed by atoms with Crippen LogP contribution in [0.4, 0.5) is 0 Å². The Balaban J connectivity index is 1.80. The molecular formula is C18H23N3O4S. The highest BCUT2D eigenvalue weighted by atomic mass is 32.1. The van der Waals surface area contributed by atoms with Crippen molar-refractivity contribution in [1.82, 2.24) is 15.3 Å². The Hall–Kier alpha value is -2.22. The first-order chi connectivity index (χ1) is 12.4. The average molecular weight is 377 g/mol. The maximum Gasteiger partial charge on any atom is 0.358 e. The average Bonchev–Trinajstić information content (AvgIpc) is 3.31. The number of aromatic nitrogens is 2. The number of carbonyl (C=O) groups excluding carboxylic acids is 1. The van der Waals surface area contributed by atoms with Gasteiger partial charge in [-0.3, -0.25) is 4.79 Å². The number of carboxylic acid groups (broad SMARTS) is 1. The van der Waals surface area contributed by atoms with Crippen LogP contribution in [0, 0.1) is 18.8 Å². The van der Waals surface area contributed by atoms with Gasteiger partial charge in [0.25, 0.3) is 0 Å². The Bertz CT molecular complexity index is 805. The van der Waals surface area contributed by atoms with Crippen molar-refractivity contribution in [2.75, 3.05) is 0 Å². The van der Waals surface area contributed by atoms with Crippen molar-refractivity contribution in [3.05, 3.63) is 21.8 Å². The van der Waals surface area contributed by atoms with E-state index in [1.807, 2.05) is 13.8 Å². The Kier molecular flexibility index (Phi) is 5.41. The van der Waals surface area contributed by atoms with Gasteiger partial charge in [-0.2, -0.15) is 0 Å². The van der Waals surface area contributed by atoms with E-state index in [-0.39, 0.29) is 41.1 Å². The molecule has 7 nitrogen and oxygen atoms in total. The second kappa shape index (κ2) is 7.57. The fourth-order valence-electron chi connectivity index (χ4n) is 3.21. The summed E-state index contributed by atoms with van der Waals surface area (Å²) < 4.78 is 5.44. The van der Waals surface area contributed by atoms with Gasteiger partial charge in [-0.15, -0.1) is 11.3 Å². The minimum Gasteiger partial charge on any atom is -0.476 e. The summed E-state index contributed by atoms with van der Waals surface area (Å²) in [6, 6.07) is -0.183. The zero-order chi connectivity index (χ0) is 18.8. The predicted molar refractivity (Wildman–Crippen MR) is 97.0 cm³/mol. The molecule has 1 saturated carbocycles. The highest BCUT2D eigenvalue weighted by Gasteiger charge is 2.28. The molecule has 0 bridgehead atoms. The Labute approximate surface area is 155 Å². The van der Waals surface area contributed by atoms with Crippen LogP contribution < -0.4 is 5.32 Å². The van der Waals surface area contributed by atoms with Crippen molar-refractivity contribution in [3.8, 4) is 11.6 Å². The molecular weight excluding hydrogens is 354 g/mol. The smallest absolute Gasteiger partial charge is 0.358 e. The molecule has 2 N–H and O–H groups in total. The molecule has 1 aliphatic carbocycles. The lowest BCUT2D eigenvalue weighted by Gasteiger charge is -2.22. The maximum atomic E-state index is 12.5. The summed E-state index contributed by atoms with van der Waals surface area (Å²) in [5.74, 6) is -0.317. The molecule has 140 valence electrons. The first-order valence-corrected chi connectivity index (χ1v) is 9.71. The monoisotopic (exact) mass is 377 g/mol. The fraction of sp³-hybridized carbons (Fsp3) is 0.556. The lowest BCUT2D eigenvalue weighted by molar-refractivity contribution is -0.125. The molecule has 0 spiro atoms. The van der Waals surface area contributed by atoms with Crippen molar-refractivity contribution < 1.29 is 19.1 Å². The number of oxazole rings is 1. The van der Waals surface area contributed by atoms with E-state index < -0.39 is 5.97 Å². The number of nitrogens with one attached hydrogen (secondary N) is 1. The van der Waals surface area contributed by atoms with Crippen LogP contribution >= 0.6 is 11.3 Å². The Morgan fingerprint density at radius 1 is 1.31 bits per heavy atom. The molecule has 2 heterocycles. The number of rotatable bonds is 6. The van der Waals surface area contributed by atoms with Gasteiger partial charge in [0.2, 0.25) is 11.8 Å². The normalized spacial score (nSPS) is 16.2. The SMILES string of the molecule is Cc1oc(-c2csc([C@@H](NC(=O)C3CCCC3)C(C)C)n2)nc1C(=O)O. The summed E-state index contributed by atoms with van der Waals surface area (Å²) in [5, 5.41) is 14.8. The third-order valence-corrected chi connectivity index (χ3v) is 5.62. The van der Waals surface area contributed by atoms with Gasteiger partial charge < -0.3 is 14.8 Å². The van der Waals surface area contributed by atoms with Crippen molar-refractivity contribution in [2.24, 2.45) is 11.8 Å². The van der Waals surface area contributed by atoms with Gasteiger partial charge in [0.1, 0.15) is 16.5 Å². The van der Waals surface area contributed by atoms with E-state index >= 15 is 0 Å². The Morgan fingerprint density at radius 3 is 2.58 bits per heavy atom. The van der Waals surface area contributed by atoms with Gasteiger partial charge in [-0.05, 0) is 25.7 Å². The molecule has 8 heteroatoms. The molecule has 26 heavy (non-hydrogen) atoms. The topological polar surface area (TPSA) is 105 Å². The Morgan fingerprint density at radius 2 is 2.00 bits per heavy atom. The van der Waals surface area contributed by atoms with Crippen molar-refractivity contribution in [1.29, 1.82) is 0 Å². The van der Waals surface area contributed by atoms with E-state index in [0.29, 0.717) is 5.69 Å². The van der Waals surface area contributed by atoms with Gasteiger partial charge in [-0.25, -0.2) is 14.8 Å². The van der Waals surface area contributed by atoms with Crippen LogP contribution in [0.3, 0.4) is 0 Å². The molecule has 0 saturated heterocycles. The van der Waals surface area contributed by atoms with Gasteiger partial charge in [0, 0.05) is 11.3 Å². The molecule has 0 radical (unpaired) electrons. The number of amides is 1. The zero-order valence-corrected chi connectivity index (χ0v) is 15.9. The highest BCUT2D eigenvalue weighted by molar-refractivity contribution is 7.10.